The van der Waals surface area contributed by atoms with Gasteiger partial charge in [-0.2, -0.15) is 0 Å². The molecule has 0 amide bonds. The highest BCUT2D eigenvalue weighted by molar-refractivity contribution is 7.13. The molecule has 0 aromatic carbocycles. The van der Waals surface area contributed by atoms with E-state index in [1.165, 1.54) is 0 Å². The van der Waals surface area contributed by atoms with Crippen molar-refractivity contribution in [2.45, 2.75) is 6.54 Å². The van der Waals surface area contributed by atoms with Gasteiger partial charge in [0.05, 0.1) is 18.1 Å². The fourth-order valence-corrected chi connectivity index (χ4v) is 2.81. The maximum atomic E-state index is 5.52. The number of thiazole rings is 1. The SMILES string of the molecule is NCc1cnc(N2CCN(c3nccs3)CC2)cn1. The van der Waals surface area contributed by atoms with Crippen LogP contribution in [-0.2, 0) is 6.54 Å². The van der Waals surface area contributed by atoms with Crippen LogP contribution in [0.1, 0.15) is 5.69 Å². The summed E-state index contributed by atoms with van der Waals surface area (Å²) in [4.78, 5) is 17.6. The highest BCUT2D eigenvalue weighted by Crippen LogP contribution is 2.20. The van der Waals surface area contributed by atoms with Crippen LogP contribution in [0.5, 0.6) is 0 Å². The zero-order valence-corrected chi connectivity index (χ0v) is 11.4. The van der Waals surface area contributed by atoms with E-state index in [9.17, 15) is 0 Å². The Bertz CT molecular complexity index is 504. The Labute approximate surface area is 115 Å². The third kappa shape index (κ3) is 2.66. The van der Waals surface area contributed by atoms with E-state index in [1.54, 1.807) is 23.7 Å². The molecular weight excluding hydrogens is 260 g/mol. The number of aromatic nitrogens is 3. The quantitative estimate of drug-likeness (QED) is 0.890. The number of piperazine rings is 1. The van der Waals surface area contributed by atoms with E-state index < -0.39 is 0 Å². The number of hydrogen-bond donors (Lipinski definition) is 1. The molecule has 100 valence electrons. The van der Waals surface area contributed by atoms with Crippen LogP contribution < -0.4 is 15.5 Å². The Morgan fingerprint density at radius 2 is 1.84 bits per heavy atom. The molecule has 0 spiro atoms. The molecule has 0 atom stereocenters. The van der Waals surface area contributed by atoms with Crippen LogP contribution in [0, 0.1) is 0 Å². The molecule has 0 saturated carbocycles. The van der Waals surface area contributed by atoms with Crippen LogP contribution in [-0.4, -0.2) is 41.1 Å². The number of anilines is 2. The molecule has 0 aliphatic carbocycles. The average Bonchev–Trinajstić information content (AvgIpc) is 3.02. The van der Waals surface area contributed by atoms with Gasteiger partial charge in [0.25, 0.3) is 0 Å². The summed E-state index contributed by atoms with van der Waals surface area (Å²) in [5, 5.41) is 3.11. The average molecular weight is 276 g/mol. The number of nitrogens with zero attached hydrogens (tertiary/aromatic N) is 5. The highest BCUT2D eigenvalue weighted by atomic mass is 32.1. The summed E-state index contributed by atoms with van der Waals surface area (Å²) in [5.41, 5.74) is 6.35. The summed E-state index contributed by atoms with van der Waals surface area (Å²) in [5.74, 6) is 0.927. The maximum Gasteiger partial charge on any atom is 0.185 e. The van der Waals surface area contributed by atoms with Crippen LogP contribution in [0.4, 0.5) is 10.9 Å². The lowest BCUT2D eigenvalue weighted by Gasteiger charge is -2.35. The van der Waals surface area contributed by atoms with E-state index in [0.717, 1.165) is 42.8 Å². The monoisotopic (exact) mass is 276 g/mol. The van der Waals surface area contributed by atoms with Crippen molar-refractivity contribution in [2.75, 3.05) is 36.0 Å². The molecule has 19 heavy (non-hydrogen) atoms. The number of rotatable bonds is 3. The first-order valence-electron chi connectivity index (χ1n) is 6.27. The minimum Gasteiger partial charge on any atom is -0.352 e. The molecule has 6 nitrogen and oxygen atoms in total. The molecule has 0 bridgehead atoms. The highest BCUT2D eigenvalue weighted by Gasteiger charge is 2.19. The molecule has 1 aliphatic heterocycles. The Hall–Kier alpha value is -1.73. The van der Waals surface area contributed by atoms with E-state index >= 15 is 0 Å². The normalized spacial score (nSPS) is 15.8. The van der Waals surface area contributed by atoms with Crippen molar-refractivity contribution >= 4 is 22.3 Å². The lowest BCUT2D eigenvalue weighted by Crippen LogP contribution is -2.46. The molecule has 2 aromatic heterocycles. The van der Waals surface area contributed by atoms with Crippen molar-refractivity contribution in [3.05, 3.63) is 29.7 Å². The van der Waals surface area contributed by atoms with Gasteiger partial charge in [-0.1, -0.05) is 0 Å². The van der Waals surface area contributed by atoms with Crippen LogP contribution in [0.15, 0.2) is 24.0 Å². The minimum absolute atomic E-state index is 0.436. The number of hydrogen-bond acceptors (Lipinski definition) is 7. The summed E-state index contributed by atoms with van der Waals surface area (Å²) in [6.45, 7) is 4.25. The van der Waals surface area contributed by atoms with E-state index in [0.29, 0.717) is 6.54 Å². The summed E-state index contributed by atoms with van der Waals surface area (Å²) in [7, 11) is 0. The van der Waals surface area contributed by atoms with Crippen molar-refractivity contribution < 1.29 is 0 Å². The first kappa shape index (κ1) is 12.3. The summed E-state index contributed by atoms with van der Waals surface area (Å²) in [6.07, 6.45) is 5.41. The van der Waals surface area contributed by atoms with Crippen LogP contribution in [0.2, 0.25) is 0 Å². The first-order chi connectivity index (χ1) is 9.36. The van der Waals surface area contributed by atoms with Crippen LogP contribution >= 0.6 is 11.3 Å². The lowest BCUT2D eigenvalue weighted by molar-refractivity contribution is 0.644. The molecule has 2 N–H and O–H groups in total. The van der Waals surface area contributed by atoms with E-state index in [-0.39, 0.29) is 0 Å². The van der Waals surface area contributed by atoms with Gasteiger partial charge >= 0.3 is 0 Å². The van der Waals surface area contributed by atoms with Gasteiger partial charge in [-0.05, 0) is 0 Å². The van der Waals surface area contributed by atoms with Gasteiger partial charge in [0.1, 0.15) is 5.82 Å². The lowest BCUT2D eigenvalue weighted by atomic mass is 10.3. The molecule has 7 heteroatoms. The van der Waals surface area contributed by atoms with Crippen LogP contribution in [0.3, 0.4) is 0 Å². The van der Waals surface area contributed by atoms with E-state index in [2.05, 4.69) is 24.8 Å². The first-order valence-corrected chi connectivity index (χ1v) is 7.15. The van der Waals surface area contributed by atoms with Gasteiger partial charge in [-0.3, -0.25) is 4.98 Å². The minimum atomic E-state index is 0.436. The molecule has 0 radical (unpaired) electrons. The molecule has 1 fully saturated rings. The Kier molecular flexibility index (Phi) is 3.56. The van der Waals surface area contributed by atoms with Crippen LogP contribution in [0.25, 0.3) is 0 Å². The van der Waals surface area contributed by atoms with Crippen molar-refractivity contribution in [3.8, 4) is 0 Å². The maximum absolute atomic E-state index is 5.52. The zero-order valence-electron chi connectivity index (χ0n) is 10.6. The second kappa shape index (κ2) is 5.50. The van der Waals surface area contributed by atoms with Gasteiger partial charge in [0.2, 0.25) is 0 Å². The van der Waals surface area contributed by atoms with Gasteiger partial charge in [0.15, 0.2) is 5.13 Å². The van der Waals surface area contributed by atoms with Gasteiger partial charge in [0, 0.05) is 44.3 Å². The third-order valence-electron chi connectivity index (χ3n) is 3.19. The topological polar surface area (TPSA) is 71.2 Å². The fourth-order valence-electron chi connectivity index (χ4n) is 2.12. The Balaban J connectivity index is 1.63. The van der Waals surface area contributed by atoms with Gasteiger partial charge < -0.3 is 15.5 Å². The summed E-state index contributed by atoms with van der Waals surface area (Å²) >= 11 is 1.69. The third-order valence-corrected chi connectivity index (χ3v) is 4.03. The van der Waals surface area contributed by atoms with E-state index in [4.69, 9.17) is 5.73 Å². The molecule has 2 aromatic rings. The molecule has 1 aliphatic rings. The van der Waals surface area contributed by atoms with Crippen molar-refractivity contribution in [2.24, 2.45) is 5.73 Å². The van der Waals surface area contributed by atoms with E-state index in [1.807, 2.05) is 11.6 Å². The van der Waals surface area contributed by atoms with Gasteiger partial charge in [-0.15, -0.1) is 11.3 Å². The standard InChI is InChI=1S/C12H16N6S/c13-7-10-8-16-11(9-15-10)17-2-4-18(5-3-17)12-14-1-6-19-12/h1,6,8-9H,2-5,7,13H2. The predicted octanol–water partition coefficient (Wildman–Crippen LogP) is 0.718. The largest absolute Gasteiger partial charge is 0.352 e. The van der Waals surface area contributed by atoms with Crippen molar-refractivity contribution in [1.82, 2.24) is 15.0 Å². The fraction of sp³-hybridized carbons (Fsp3) is 0.417. The zero-order chi connectivity index (χ0) is 13.1. The van der Waals surface area contributed by atoms with Gasteiger partial charge in [-0.25, -0.2) is 9.97 Å². The number of nitrogens with two attached hydrogens (primary N) is 1. The summed E-state index contributed by atoms with van der Waals surface area (Å²) < 4.78 is 0. The van der Waals surface area contributed by atoms with Crippen molar-refractivity contribution in [3.63, 3.8) is 0 Å². The molecular formula is C12H16N6S. The second-order valence-corrected chi connectivity index (χ2v) is 5.23. The molecule has 1 saturated heterocycles. The summed E-state index contributed by atoms with van der Waals surface area (Å²) in [6, 6.07) is 0. The smallest absolute Gasteiger partial charge is 0.185 e. The Morgan fingerprint density at radius 1 is 1.05 bits per heavy atom. The molecule has 3 heterocycles. The molecule has 0 unspecified atom stereocenters. The molecule has 3 rings (SSSR count). The Morgan fingerprint density at radius 3 is 2.42 bits per heavy atom. The predicted molar refractivity (Wildman–Crippen MR) is 76.5 cm³/mol. The van der Waals surface area contributed by atoms with Crippen molar-refractivity contribution in [1.29, 1.82) is 0 Å². The second-order valence-electron chi connectivity index (χ2n) is 4.36.